The molecule has 1 aromatic rings. The summed E-state index contributed by atoms with van der Waals surface area (Å²) in [5, 5.41) is 13.0. The quantitative estimate of drug-likeness (QED) is 0.860. The van der Waals surface area contributed by atoms with E-state index in [0.29, 0.717) is 17.9 Å². The van der Waals surface area contributed by atoms with Crippen LogP contribution in [0.25, 0.3) is 0 Å². The highest BCUT2D eigenvalue weighted by Gasteiger charge is 2.50. The third-order valence-electron chi connectivity index (χ3n) is 5.41. The number of hydrogen-bond donors (Lipinski definition) is 2. The first-order valence-corrected chi connectivity index (χ1v) is 7.71. The molecule has 20 heavy (non-hydrogen) atoms. The maximum absolute atomic E-state index is 11.5. The van der Waals surface area contributed by atoms with Gasteiger partial charge in [-0.2, -0.15) is 0 Å². The van der Waals surface area contributed by atoms with Gasteiger partial charge in [0.25, 0.3) is 0 Å². The van der Waals surface area contributed by atoms with Gasteiger partial charge in [0.1, 0.15) is 0 Å². The Morgan fingerprint density at radius 2 is 2.15 bits per heavy atom. The van der Waals surface area contributed by atoms with Crippen molar-refractivity contribution in [3.05, 3.63) is 18.2 Å². The Bertz CT molecular complexity index is 523. The lowest BCUT2D eigenvalue weighted by Gasteiger charge is -2.29. The molecule has 3 fully saturated rings. The van der Waals surface area contributed by atoms with E-state index in [2.05, 4.69) is 14.9 Å². The predicted octanol–water partition coefficient (Wildman–Crippen LogP) is 1.81. The second-order valence-corrected chi connectivity index (χ2v) is 6.63. The van der Waals surface area contributed by atoms with E-state index >= 15 is 0 Å². The van der Waals surface area contributed by atoms with Gasteiger partial charge in [0.2, 0.25) is 0 Å². The van der Waals surface area contributed by atoms with Gasteiger partial charge in [-0.3, -0.25) is 4.79 Å². The van der Waals surface area contributed by atoms with Gasteiger partial charge >= 0.3 is 5.97 Å². The van der Waals surface area contributed by atoms with Crippen LogP contribution < -0.4 is 5.32 Å². The fraction of sp³-hybridized carbons (Fsp3) is 0.733. The van der Waals surface area contributed by atoms with E-state index in [9.17, 15) is 9.90 Å². The molecule has 0 saturated heterocycles. The molecule has 3 aliphatic carbocycles. The van der Waals surface area contributed by atoms with E-state index in [1.165, 1.54) is 25.0 Å². The summed E-state index contributed by atoms with van der Waals surface area (Å²) in [6, 6.07) is 0.776. The number of rotatable bonds is 5. The Kier molecular flexibility index (Phi) is 2.84. The lowest BCUT2D eigenvalue weighted by Crippen LogP contribution is -2.44. The van der Waals surface area contributed by atoms with Crippen LogP contribution in [0.3, 0.4) is 0 Å². The molecule has 4 unspecified atom stereocenters. The van der Waals surface area contributed by atoms with Crippen LogP contribution in [0.15, 0.2) is 12.5 Å². The van der Waals surface area contributed by atoms with E-state index < -0.39 is 5.97 Å². The number of hydrogen-bond acceptors (Lipinski definition) is 3. The maximum Gasteiger partial charge on any atom is 0.308 e. The van der Waals surface area contributed by atoms with Crippen LogP contribution in [0.1, 0.15) is 43.8 Å². The van der Waals surface area contributed by atoms with E-state index in [4.69, 9.17) is 0 Å². The summed E-state index contributed by atoms with van der Waals surface area (Å²) in [7, 11) is 0. The molecule has 108 valence electrons. The third-order valence-corrected chi connectivity index (χ3v) is 5.41. The smallest absolute Gasteiger partial charge is 0.308 e. The van der Waals surface area contributed by atoms with E-state index in [0.717, 1.165) is 19.4 Å². The van der Waals surface area contributed by atoms with Crippen LogP contribution in [-0.4, -0.2) is 26.7 Å². The van der Waals surface area contributed by atoms with Crippen molar-refractivity contribution >= 4 is 5.97 Å². The Morgan fingerprint density at radius 3 is 2.90 bits per heavy atom. The van der Waals surface area contributed by atoms with Crippen molar-refractivity contribution in [2.75, 3.05) is 0 Å². The second kappa shape index (κ2) is 4.58. The summed E-state index contributed by atoms with van der Waals surface area (Å²) in [5.74, 6) is 0.137. The van der Waals surface area contributed by atoms with Crippen molar-refractivity contribution in [2.45, 2.75) is 50.7 Å². The molecule has 1 heterocycles. The summed E-state index contributed by atoms with van der Waals surface area (Å²) in [5.41, 5.74) is 1.19. The first kappa shape index (κ1) is 12.4. The van der Waals surface area contributed by atoms with Crippen molar-refractivity contribution in [3.8, 4) is 0 Å². The summed E-state index contributed by atoms with van der Waals surface area (Å²) in [6.07, 6.45) is 9.69. The highest BCUT2D eigenvalue weighted by molar-refractivity contribution is 5.72. The van der Waals surface area contributed by atoms with Gasteiger partial charge in [-0.25, -0.2) is 4.98 Å². The molecule has 0 spiro atoms. The zero-order valence-electron chi connectivity index (χ0n) is 11.5. The number of aliphatic carboxylic acids is 1. The highest BCUT2D eigenvalue weighted by atomic mass is 16.4. The van der Waals surface area contributed by atoms with Crippen molar-refractivity contribution < 1.29 is 9.90 Å². The van der Waals surface area contributed by atoms with Gasteiger partial charge in [-0.05, 0) is 43.9 Å². The van der Waals surface area contributed by atoms with Crippen LogP contribution in [0, 0.1) is 17.8 Å². The van der Waals surface area contributed by atoms with Crippen LogP contribution in [-0.2, 0) is 11.3 Å². The molecule has 0 amide bonds. The number of nitrogens with zero attached hydrogens (tertiary/aromatic N) is 2. The van der Waals surface area contributed by atoms with Gasteiger partial charge < -0.3 is 15.0 Å². The molecule has 5 heteroatoms. The summed E-state index contributed by atoms with van der Waals surface area (Å²) < 4.78 is 2.25. The Morgan fingerprint density at radius 1 is 1.35 bits per heavy atom. The molecule has 0 aliphatic heterocycles. The maximum atomic E-state index is 11.5. The fourth-order valence-electron chi connectivity index (χ4n) is 4.31. The van der Waals surface area contributed by atoms with Crippen LogP contribution in [0.4, 0.5) is 0 Å². The summed E-state index contributed by atoms with van der Waals surface area (Å²) in [4.78, 5) is 15.7. The van der Waals surface area contributed by atoms with Gasteiger partial charge in [-0.15, -0.1) is 0 Å². The average molecular weight is 275 g/mol. The first-order valence-electron chi connectivity index (χ1n) is 7.71. The number of carbonyl (C=O) groups is 1. The number of fused-ring (bicyclic) bond motifs is 2. The van der Waals surface area contributed by atoms with E-state index in [1.54, 1.807) is 0 Å². The second-order valence-electron chi connectivity index (χ2n) is 6.63. The molecule has 0 radical (unpaired) electrons. The minimum absolute atomic E-state index is 0.147. The minimum Gasteiger partial charge on any atom is -0.481 e. The lowest BCUT2D eigenvalue weighted by atomic mass is 9.84. The summed E-state index contributed by atoms with van der Waals surface area (Å²) in [6.45, 7) is 0.744. The van der Waals surface area contributed by atoms with Gasteiger partial charge in [-0.1, -0.05) is 0 Å². The molecule has 1 aromatic heterocycles. The first-order chi connectivity index (χ1) is 9.74. The fourth-order valence-corrected chi connectivity index (χ4v) is 4.31. The minimum atomic E-state index is -0.620. The Labute approximate surface area is 118 Å². The summed E-state index contributed by atoms with van der Waals surface area (Å²) >= 11 is 0. The van der Waals surface area contributed by atoms with Crippen LogP contribution >= 0.6 is 0 Å². The molecule has 3 saturated carbocycles. The standard InChI is InChI=1S/C15H21N3O2/c19-15(20)13-9-1-2-10(5-9)14(13)17-7-12-6-16-8-18(12)11-3-4-11/h6,8-11,13-14,17H,1-5,7H2,(H,19,20). The molecule has 4 rings (SSSR count). The number of carboxylic acids is 1. The number of aromatic nitrogens is 2. The van der Waals surface area contributed by atoms with Gasteiger partial charge in [0.15, 0.2) is 0 Å². The lowest BCUT2D eigenvalue weighted by molar-refractivity contribution is -0.144. The molecule has 5 nitrogen and oxygen atoms in total. The monoisotopic (exact) mass is 275 g/mol. The Hall–Kier alpha value is -1.36. The molecular weight excluding hydrogens is 254 g/mol. The van der Waals surface area contributed by atoms with Gasteiger partial charge in [0.05, 0.1) is 17.9 Å². The number of imidazole rings is 1. The normalized spacial score (nSPS) is 35.6. The molecule has 2 N–H and O–H groups in total. The molecule has 2 bridgehead atoms. The molecule has 0 aromatic carbocycles. The SMILES string of the molecule is O=C(O)C1C2CCC(C2)C1NCc1cncn1C1CC1. The largest absolute Gasteiger partial charge is 0.481 e. The van der Waals surface area contributed by atoms with Crippen LogP contribution in [0.5, 0.6) is 0 Å². The third kappa shape index (κ3) is 1.95. The Balaban J connectivity index is 1.45. The van der Waals surface area contributed by atoms with Crippen molar-refractivity contribution in [1.29, 1.82) is 0 Å². The van der Waals surface area contributed by atoms with Crippen LogP contribution in [0.2, 0.25) is 0 Å². The molecule has 3 aliphatic rings. The number of carboxylic acid groups (broad SMARTS) is 1. The zero-order valence-corrected chi connectivity index (χ0v) is 11.5. The molecule has 4 atom stereocenters. The number of nitrogens with one attached hydrogen (secondary N) is 1. The highest BCUT2D eigenvalue weighted by Crippen LogP contribution is 2.48. The van der Waals surface area contributed by atoms with E-state index in [-0.39, 0.29) is 12.0 Å². The average Bonchev–Trinajstić information content (AvgIpc) is 2.89. The topological polar surface area (TPSA) is 67.2 Å². The predicted molar refractivity (Wildman–Crippen MR) is 73.1 cm³/mol. The van der Waals surface area contributed by atoms with Gasteiger partial charge in [0, 0.05) is 24.8 Å². The zero-order chi connectivity index (χ0) is 13.7. The van der Waals surface area contributed by atoms with Crippen molar-refractivity contribution in [2.24, 2.45) is 17.8 Å². The van der Waals surface area contributed by atoms with Crippen molar-refractivity contribution in [1.82, 2.24) is 14.9 Å². The van der Waals surface area contributed by atoms with E-state index in [1.807, 2.05) is 12.5 Å². The molecular formula is C15H21N3O2. The van der Waals surface area contributed by atoms with Crippen molar-refractivity contribution in [3.63, 3.8) is 0 Å².